The van der Waals surface area contributed by atoms with Gasteiger partial charge < -0.3 is 5.32 Å². The number of amides is 1. The molecule has 0 radical (unpaired) electrons. The molecule has 2 nitrogen and oxygen atoms in total. The molecule has 18 heavy (non-hydrogen) atoms. The van der Waals surface area contributed by atoms with Crippen molar-refractivity contribution in [3.05, 3.63) is 62.4 Å². The minimum absolute atomic E-state index is 0.0294. The largest absolute Gasteiger partial charge is 0.322 e. The maximum atomic E-state index is 13.5. The van der Waals surface area contributed by atoms with Gasteiger partial charge in [0.05, 0.1) is 5.56 Å². The fraction of sp³-hybridized carbons (Fsp3) is 0. The van der Waals surface area contributed by atoms with Crippen molar-refractivity contribution in [1.82, 2.24) is 0 Å². The van der Waals surface area contributed by atoms with E-state index in [1.54, 1.807) is 12.1 Å². The lowest BCUT2D eigenvalue weighted by molar-refractivity contribution is 0.102. The Morgan fingerprint density at radius 2 is 2.00 bits per heavy atom. The molecule has 2 aromatic carbocycles. The number of anilines is 1. The zero-order valence-corrected chi connectivity index (χ0v) is 12.0. The van der Waals surface area contributed by atoms with Crippen LogP contribution in [0.15, 0.2) is 42.5 Å². The molecule has 0 fully saturated rings. The van der Waals surface area contributed by atoms with Crippen LogP contribution in [0.1, 0.15) is 10.4 Å². The van der Waals surface area contributed by atoms with Crippen LogP contribution in [0.25, 0.3) is 0 Å². The Hall–Kier alpha value is -1.14. The van der Waals surface area contributed by atoms with Crippen LogP contribution >= 0.6 is 34.2 Å². The Balaban J connectivity index is 2.22. The van der Waals surface area contributed by atoms with E-state index in [2.05, 4.69) is 27.9 Å². The number of halogens is 3. The van der Waals surface area contributed by atoms with E-state index in [9.17, 15) is 9.18 Å². The van der Waals surface area contributed by atoms with E-state index in [-0.39, 0.29) is 10.6 Å². The third-order valence-corrected chi connectivity index (χ3v) is 3.16. The summed E-state index contributed by atoms with van der Waals surface area (Å²) in [6.45, 7) is 0. The summed E-state index contributed by atoms with van der Waals surface area (Å²) in [5, 5.41) is 2.89. The molecule has 0 aliphatic heterocycles. The zero-order valence-electron chi connectivity index (χ0n) is 9.08. The molecular weight excluding hydrogens is 368 g/mol. The molecule has 0 atom stereocenters. The summed E-state index contributed by atoms with van der Waals surface area (Å²) in [6.07, 6.45) is 0. The summed E-state index contributed by atoms with van der Waals surface area (Å²) in [5.74, 6) is -1.13. The van der Waals surface area contributed by atoms with Crippen molar-refractivity contribution in [2.45, 2.75) is 0 Å². The van der Waals surface area contributed by atoms with Gasteiger partial charge in [-0.3, -0.25) is 4.79 Å². The van der Waals surface area contributed by atoms with Crippen LogP contribution in [0.4, 0.5) is 10.1 Å². The Morgan fingerprint density at radius 1 is 1.22 bits per heavy atom. The molecule has 0 aromatic heterocycles. The first-order chi connectivity index (χ1) is 8.56. The molecule has 92 valence electrons. The van der Waals surface area contributed by atoms with E-state index in [0.29, 0.717) is 5.69 Å². The molecule has 0 aliphatic rings. The number of hydrogen-bond acceptors (Lipinski definition) is 1. The average Bonchev–Trinajstić information content (AvgIpc) is 2.28. The number of hydrogen-bond donors (Lipinski definition) is 1. The zero-order chi connectivity index (χ0) is 13.1. The minimum atomic E-state index is -0.634. The molecule has 2 aromatic rings. The molecule has 2 rings (SSSR count). The van der Waals surface area contributed by atoms with Gasteiger partial charge in [0.1, 0.15) is 5.82 Å². The molecule has 0 heterocycles. The van der Waals surface area contributed by atoms with Crippen LogP contribution in [0.5, 0.6) is 0 Å². The SMILES string of the molecule is O=C(Nc1cccc(I)c1)c1ccc(Cl)cc1F. The lowest BCUT2D eigenvalue weighted by Gasteiger charge is -2.06. The van der Waals surface area contributed by atoms with E-state index >= 15 is 0 Å². The monoisotopic (exact) mass is 375 g/mol. The van der Waals surface area contributed by atoms with Gasteiger partial charge in [0.25, 0.3) is 5.91 Å². The van der Waals surface area contributed by atoms with Gasteiger partial charge in [0.2, 0.25) is 0 Å². The molecule has 0 saturated carbocycles. The van der Waals surface area contributed by atoms with Crippen LogP contribution in [-0.2, 0) is 0 Å². The highest BCUT2D eigenvalue weighted by Crippen LogP contribution is 2.17. The van der Waals surface area contributed by atoms with E-state index in [1.165, 1.54) is 12.1 Å². The minimum Gasteiger partial charge on any atom is -0.322 e. The molecule has 1 N–H and O–H groups in total. The summed E-state index contributed by atoms with van der Waals surface area (Å²) in [5.41, 5.74) is 0.597. The normalized spacial score (nSPS) is 10.2. The highest BCUT2D eigenvalue weighted by Gasteiger charge is 2.12. The van der Waals surface area contributed by atoms with E-state index in [4.69, 9.17) is 11.6 Å². The number of rotatable bonds is 2. The third kappa shape index (κ3) is 3.20. The smallest absolute Gasteiger partial charge is 0.258 e. The Morgan fingerprint density at radius 3 is 2.67 bits per heavy atom. The molecule has 5 heteroatoms. The van der Waals surface area contributed by atoms with Gasteiger partial charge in [-0.1, -0.05) is 17.7 Å². The van der Waals surface area contributed by atoms with Crippen LogP contribution in [0, 0.1) is 9.39 Å². The highest BCUT2D eigenvalue weighted by atomic mass is 127. The van der Waals surface area contributed by atoms with Crippen LogP contribution < -0.4 is 5.32 Å². The fourth-order valence-corrected chi connectivity index (χ4v) is 2.14. The molecule has 1 amide bonds. The quantitative estimate of drug-likeness (QED) is 0.778. The molecular formula is C13H8ClFINO. The second kappa shape index (κ2) is 5.67. The first-order valence-electron chi connectivity index (χ1n) is 5.08. The van der Waals surface area contributed by atoms with Crippen LogP contribution in [-0.4, -0.2) is 5.91 Å². The molecule has 0 spiro atoms. The molecule has 0 aliphatic carbocycles. The van der Waals surface area contributed by atoms with Crippen molar-refractivity contribution in [2.75, 3.05) is 5.32 Å². The predicted molar refractivity (Wildman–Crippen MR) is 78.5 cm³/mol. The van der Waals surface area contributed by atoms with Crippen molar-refractivity contribution in [1.29, 1.82) is 0 Å². The summed E-state index contributed by atoms with van der Waals surface area (Å²) < 4.78 is 14.5. The molecule has 0 unspecified atom stereocenters. The fourth-order valence-electron chi connectivity index (χ4n) is 1.44. The first kappa shape index (κ1) is 13.3. The first-order valence-corrected chi connectivity index (χ1v) is 6.54. The van der Waals surface area contributed by atoms with E-state index in [0.717, 1.165) is 9.64 Å². The second-order valence-electron chi connectivity index (χ2n) is 3.59. The number of carbonyl (C=O) groups excluding carboxylic acids is 1. The highest BCUT2D eigenvalue weighted by molar-refractivity contribution is 14.1. The summed E-state index contributed by atoms with van der Waals surface area (Å²) >= 11 is 7.76. The third-order valence-electron chi connectivity index (χ3n) is 2.26. The van der Waals surface area contributed by atoms with Gasteiger partial charge in [0, 0.05) is 14.3 Å². The Labute approximate surface area is 122 Å². The summed E-state index contributed by atoms with van der Waals surface area (Å²) in [4.78, 5) is 11.9. The van der Waals surface area contributed by atoms with Crippen LogP contribution in [0.2, 0.25) is 5.02 Å². The van der Waals surface area contributed by atoms with Gasteiger partial charge in [-0.15, -0.1) is 0 Å². The maximum Gasteiger partial charge on any atom is 0.258 e. The standard InChI is InChI=1S/C13H8ClFINO/c14-8-4-5-11(12(15)6-8)13(18)17-10-3-1-2-9(16)7-10/h1-7H,(H,17,18). The van der Waals surface area contributed by atoms with E-state index in [1.807, 2.05) is 12.1 Å². The maximum absolute atomic E-state index is 13.5. The second-order valence-corrected chi connectivity index (χ2v) is 5.27. The van der Waals surface area contributed by atoms with Crippen molar-refractivity contribution < 1.29 is 9.18 Å². The van der Waals surface area contributed by atoms with Crippen molar-refractivity contribution >= 4 is 45.8 Å². The van der Waals surface area contributed by atoms with Gasteiger partial charge in [-0.05, 0) is 59.0 Å². The number of nitrogens with one attached hydrogen (secondary N) is 1. The van der Waals surface area contributed by atoms with Gasteiger partial charge in [-0.2, -0.15) is 0 Å². The lowest BCUT2D eigenvalue weighted by Crippen LogP contribution is -2.13. The van der Waals surface area contributed by atoms with Gasteiger partial charge in [-0.25, -0.2) is 4.39 Å². The summed E-state index contributed by atoms with van der Waals surface area (Å²) in [6, 6.07) is 11.2. The summed E-state index contributed by atoms with van der Waals surface area (Å²) in [7, 11) is 0. The van der Waals surface area contributed by atoms with Crippen molar-refractivity contribution in [3.8, 4) is 0 Å². The number of benzene rings is 2. The topological polar surface area (TPSA) is 29.1 Å². The Bertz CT molecular complexity index is 603. The predicted octanol–water partition coefficient (Wildman–Crippen LogP) is 4.34. The lowest BCUT2D eigenvalue weighted by atomic mass is 10.2. The van der Waals surface area contributed by atoms with Gasteiger partial charge >= 0.3 is 0 Å². The average molecular weight is 376 g/mol. The molecule has 0 bridgehead atoms. The van der Waals surface area contributed by atoms with Gasteiger partial charge in [0.15, 0.2) is 0 Å². The van der Waals surface area contributed by atoms with Crippen LogP contribution in [0.3, 0.4) is 0 Å². The van der Waals surface area contributed by atoms with Crippen molar-refractivity contribution in [3.63, 3.8) is 0 Å². The Kier molecular flexibility index (Phi) is 4.19. The molecule has 0 saturated heterocycles. The van der Waals surface area contributed by atoms with Crippen molar-refractivity contribution in [2.24, 2.45) is 0 Å². The number of carbonyl (C=O) groups is 1. The van der Waals surface area contributed by atoms with E-state index < -0.39 is 11.7 Å².